The zero-order valence-electron chi connectivity index (χ0n) is 28.0. The van der Waals surface area contributed by atoms with Gasteiger partial charge in [-0.3, -0.25) is 0 Å². The Morgan fingerprint density at radius 3 is 1.30 bits per heavy atom. The number of benzene rings is 4. The van der Waals surface area contributed by atoms with Crippen LogP contribution < -0.4 is 0 Å². The third-order valence-corrected chi connectivity index (χ3v) is 51.9. The van der Waals surface area contributed by atoms with Crippen LogP contribution in [-0.4, -0.2) is 6.88 Å². The van der Waals surface area contributed by atoms with E-state index >= 15 is 0 Å². The van der Waals surface area contributed by atoms with Gasteiger partial charge in [-0.2, -0.15) is 0 Å². The quantitative estimate of drug-likeness (QED) is 0.147. The zero-order valence-corrected chi connectivity index (χ0v) is 31.9. The van der Waals surface area contributed by atoms with Crippen molar-refractivity contribution < 1.29 is 14.4 Å². The molecule has 0 saturated carbocycles. The van der Waals surface area contributed by atoms with Crippen LogP contribution in [-0.2, 0) is 14.4 Å². The SMILES string of the molecule is CCC[CH2][Zr]([CH3])([CH3])(=[SiH2])([CH2]CCC)([CH]1C(C)=Cc2c(-c3ccccc3)cccc21)[CH]1C(C)=Cc2c(-c3ccccc3)cccc21. The van der Waals surface area contributed by atoms with E-state index in [1.807, 2.05) is 0 Å². The fraction of sp³-hybridized carbons (Fsp3) is 0.333. The molecule has 0 heterocycles. The van der Waals surface area contributed by atoms with Gasteiger partial charge >= 0.3 is 264 Å². The Labute approximate surface area is 262 Å². The summed E-state index contributed by atoms with van der Waals surface area (Å²) in [5.41, 5.74) is 14.7. The summed E-state index contributed by atoms with van der Waals surface area (Å²) >= 11 is -5.03. The summed E-state index contributed by atoms with van der Waals surface area (Å²) in [7, 11) is 0. The molecule has 2 aliphatic carbocycles. The third-order valence-electron chi connectivity index (χ3n) is 12.8. The van der Waals surface area contributed by atoms with Crippen molar-refractivity contribution in [3.63, 3.8) is 0 Å². The van der Waals surface area contributed by atoms with E-state index in [1.54, 1.807) is 22.3 Å². The number of fused-ring (bicyclic) bond motifs is 2. The molecule has 2 aliphatic rings. The Balaban J connectivity index is 1.70. The van der Waals surface area contributed by atoms with Crippen molar-refractivity contribution in [1.82, 2.24) is 0 Å². The second kappa shape index (κ2) is 10.2. The Kier molecular flexibility index (Phi) is 7.31. The molecule has 0 bridgehead atoms. The molecule has 0 amide bonds. The van der Waals surface area contributed by atoms with Crippen molar-refractivity contribution in [3.8, 4) is 22.3 Å². The molecule has 6 rings (SSSR count). The summed E-state index contributed by atoms with van der Waals surface area (Å²) in [6, 6.07) is 36.6. The van der Waals surface area contributed by atoms with Gasteiger partial charge in [0, 0.05) is 0 Å². The molecule has 0 spiro atoms. The first-order valence-electron chi connectivity index (χ1n) is 17.2. The number of rotatable bonds is 10. The van der Waals surface area contributed by atoms with Gasteiger partial charge in [0.25, 0.3) is 0 Å². The van der Waals surface area contributed by atoms with Gasteiger partial charge < -0.3 is 0 Å². The predicted molar refractivity (Wildman–Crippen MR) is 196 cm³/mol. The molecule has 44 heavy (non-hydrogen) atoms. The normalized spacial score (nSPS) is 20.0. The van der Waals surface area contributed by atoms with E-state index in [2.05, 4.69) is 153 Å². The standard InChI is InChI=1S/2C16H13.2C4H9.2CH3.H2Si.Zr/c2*1-12-10-14-8-5-9-15(16(14)11-12)13-6-3-2-4-7-13;2*1-3-4-2;;;;/h2*2-11H,1H3;2*1,3-4H2,2H3;2*1H3;1H2;. The fourth-order valence-electron chi connectivity index (χ4n) is 11.3. The second-order valence-corrected chi connectivity index (χ2v) is 70.6. The fourth-order valence-corrected chi connectivity index (χ4v) is 54.0. The molecule has 228 valence electrons. The maximum absolute atomic E-state index is 5.03. The average molecular weight is 676 g/mol. The molecule has 0 saturated heterocycles. The average Bonchev–Trinajstić information content (AvgIpc) is 3.58. The maximum atomic E-state index is 2.96. The molecule has 0 radical (unpaired) electrons. The molecule has 2 unspecified atom stereocenters. The topological polar surface area (TPSA) is 0 Å². The van der Waals surface area contributed by atoms with E-state index in [0.717, 1.165) is 0 Å². The van der Waals surface area contributed by atoms with E-state index in [4.69, 9.17) is 0 Å². The van der Waals surface area contributed by atoms with Gasteiger partial charge in [-0.25, -0.2) is 0 Å². The molecule has 2 atom stereocenters. The van der Waals surface area contributed by atoms with Gasteiger partial charge in [0.1, 0.15) is 0 Å². The monoisotopic (exact) mass is 674 g/mol. The summed E-state index contributed by atoms with van der Waals surface area (Å²) in [6.07, 6.45) is 10.3. The number of hydrogen-bond donors (Lipinski definition) is 0. The van der Waals surface area contributed by atoms with Crippen molar-refractivity contribution in [3.05, 3.63) is 130 Å². The van der Waals surface area contributed by atoms with Crippen molar-refractivity contribution >= 4 is 19.0 Å². The van der Waals surface area contributed by atoms with Crippen LogP contribution in [0.5, 0.6) is 0 Å². The first kappa shape index (κ1) is 31.4. The molecule has 0 nitrogen and oxygen atoms in total. The Bertz CT molecular complexity index is 1790. The summed E-state index contributed by atoms with van der Waals surface area (Å²) in [6.45, 7) is 12.4. The van der Waals surface area contributed by atoms with Crippen LogP contribution in [0.3, 0.4) is 0 Å². The van der Waals surface area contributed by atoms with Crippen LogP contribution in [0, 0.1) is 0 Å². The molecule has 4 aromatic rings. The van der Waals surface area contributed by atoms with Gasteiger partial charge in [-0.1, -0.05) is 0 Å². The van der Waals surface area contributed by atoms with Crippen LogP contribution in [0.2, 0.25) is 17.5 Å². The van der Waals surface area contributed by atoms with Crippen LogP contribution >= 0.6 is 0 Å². The Morgan fingerprint density at radius 2 is 0.932 bits per heavy atom. The van der Waals surface area contributed by atoms with Crippen molar-refractivity contribution in [2.75, 3.05) is 0 Å². The predicted octanol–water partition coefficient (Wildman–Crippen LogP) is 12.5. The van der Waals surface area contributed by atoms with Gasteiger partial charge in [-0.05, 0) is 0 Å². The van der Waals surface area contributed by atoms with E-state index < -0.39 is 14.4 Å². The van der Waals surface area contributed by atoms with Crippen molar-refractivity contribution in [2.24, 2.45) is 0 Å². The zero-order chi connectivity index (χ0) is 31.3. The van der Waals surface area contributed by atoms with Crippen LogP contribution in [0.15, 0.2) is 108 Å². The second-order valence-electron chi connectivity index (χ2n) is 17.1. The first-order valence-corrected chi connectivity index (χ1v) is 34.3. The van der Waals surface area contributed by atoms with Crippen LogP contribution in [0.4, 0.5) is 0 Å². The summed E-state index contributed by atoms with van der Waals surface area (Å²) in [5.74, 6) is 0. The van der Waals surface area contributed by atoms with E-state index in [-0.39, 0.29) is 0 Å². The summed E-state index contributed by atoms with van der Waals surface area (Å²) in [4.78, 5) is 0. The molecule has 0 aromatic heterocycles. The number of unbranched alkanes of at least 4 members (excludes halogenated alkanes) is 2. The first-order chi connectivity index (χ1) is 20.9. The summed E-state index contributed by atoms with van der Waals surface area (Å²) < 4.78 is 9.53. The van der Waals surface area contributed by atoms with Crippen molar-refractivity contribution in [1.29, 1.82) is 0 Å². The third kappa shape index (κ3) is 4.53. The minimum atomic E-state index is -5.03. The van der Waals surface area contributed by atoms with Gasteiger partial charge in [0.15, 0.2) is 0 Å². The van der Waals surface area contributed by atoms with Crippen molar-refractivity contribution in [2.45, 2.75) is 78.2 Å². The van der Waals surface area contributed by atoms with E-state index in [1.165, 1.54) is 67.3 Å². The van der Waals surface area contributed by atoms with Gasteiger partial charge in [0.05, 0.1) is 0 Å². The number of allylic oxidation sites excluding steroid dienone is 2. The summed E-state index contributed by atoms with van der Waals surface area (Å²) in [5, 5.41) is 0. The van der Waals surface area contributed by atoms with E-state index in [0.29, 0.717) is 7.25 Å². The van der Waals surface area contributed by atoms with Crippen LogP contribution in [0.25, 0.3) is 34.4 Å². The molecular weight excluding hydrogens is 624 g/mol. The molecule has 0 N–H and O–H groups in total. The molecule has 0 fully saturated rings. The molecule has 2 heteroatoms. The van der Waals surface area contributed by atoms with Gasteiger partial charge in [0.2, 0.25) is 0 Å². The molecular formula is C42H52SiZr. The molecule has 4 aromatic carbocycles. The van der Waals surface area contributed by atoms with Crippen LogP contribution in [0.1, 0.15) is 82.9 Å². The van der Waals surface area contributed by atoms with Gasteiger partial charge in [-0.15, -0.1) is 0 Å². The minimum absolute atomic E-state index is 0.460. The Morgan fingerprint density at radius 1 is 0.545 bits per heavy atom. The number of hydrogen-bond acceptors (Lipinski definition) is 0. The van der Waals surface area contributed by atoms with E-state index in [9.17, 15) is 0 Å². The molecule has 0 aliphatic heterocycles. The Hall–Kier alpha value is -2.54.